The standard InChI is InChI=1S/C23H31N5O3/c1-23(2,3)22(30)27-14-10-16(11-15-27)19-25-26-20(31-19)18-9-5-7-13-28(18)21(29)17-8-4-6-12-24-17/h4,6,8,12,16,18H,5,7,9-11,13-15H2,1-3H3/t18-/m0/s1. The third-order valence-electron chi connectivity index (χ3n) is 6.16. The Balaban J connectivity index is 1.44. The Morgan fingerprint density at radius 1 is 1.00 bits per heavy atom. The minimum absolute atomic E-state index is 0.0981. The van der Waals surface area contributed by atoms with Crippen molar-refractivity contribution in [3.63, 3.8) is 0 Å². The monoisotopic (exact) mass is 425 g/mol. The molecule has 0 spiro atoms. The Kier molecular flexibility index (Phi) is 6.07. The van der Waals surface area contributed by atoms with E-state index in [1.54, 1.807) is 18.3 Å². The van der Waals surface area contributed by atoms with Gasteiger partial charge in [0.2, 0.25) is 17.7 Å². The van der Waals surface area contributed by atoms with E-state index in [0.29, 0.717) is 37.1 Å². The van der Waals surface area contributed by atoms with E-state index < -0.39 is 0 Å². The van der Waals surface area contributed by atoms with Crippen LogP contribution in [0.25, 0.3) is 0 Å². The van der Waals surface area contributed by atoms with E-state index in [2.05, 4.69) is 15.2 Å². The van der Waals surface area contributed by atoms with Crippen LogP contribution < -0.4 is 0 Å². The van der Waals surface area contributed by atoms with Gasteiger partial charge >= 0.3 is 0 Å². The molecular weight excluding hydrogens is 394 g/mol. The lowest BCUT2D eigenvalue weighted by Gasteiger charge is -2.35. The zero-order valence-corrected chi connectivity index (χ0v) is 18.6. The van der Waals surface area contributed by atoms with Gasteiger partial charge in [-0.25, -0.2) is 0 Å². The van der Waals surface area contributed by atoms with E-state index in [1.165, 1.54) is 0 Å². The molecule has 0 bridgehead atoms. The molecule has 0 aromatic carbocycles. The lowest BCUT2D eigenvalue weighted by Crippen LogP contribution is -2.43. The molecule has 1 atom stereocenters. The number of nitrogens with zero attached hydrogens (tertiary/aromatic N) is 5. The van der Waals surface area contributed by atoms with Gasteiger partial charge in [0, 0.05) is 37.2 Å². The summed E-state index contributed by atoms with van der Waals surface area (Å²) in [5.41, 5.74) is 0.0692. The number of carbonyl (C=O) groups excluding carboxylic acids is 2. The second kappa shape index (κ2) is 8.77. The summed E-state index contributed by atoms with van der Waals surface area (Å²) in [6, 6.07) is 5.14. The molecule has 0 saturated carbocycles. The van der Waals surface area contributed by atoms with Crippen LogP contribution >= 0.6 is 0 Å². The maximum atomic E-state index is 13.0. The normalized spacial score (nSPS) is 20.7. The lowest BCUT2D eigenvalue weighted by molar-refractivity contribution is -0.140. The Hall–Kier alpha value is -2.77. The summed E-state index contributed by atoms with van der Waals surface area (Å²) in [5.74, 6) is 1.36. The molecule has 2 aliphatic heterocycles. The lowest BCUT2D eigenvalue weighted by atomic mass is 9.91. The number of amides is 2. The third-order valence-corrected chi connectivity index (χ3v) is 6.16. The van der Waals surface area contributed by atoms with Gasteiger partial charge in [0.05, 0.1) is 0 Å². The molecule has 2 saturated heterocycles. The van der Waals surface area contributed by atoms with Crippen LogP contribution in [0.15, 0.2) is 28.8 Å². The van der Waals surface area contributed by atoms with Crippen molar-refractivity contribution in [2.75, 3.05) is 19.6 Å². The molecule has 8 heteroatoms. The average Bonchev–Trinajstić information content (AvgIpc) is 3.28. The minimum Gasteiger partial charge on any atom is -0.423 e. The summed E-state index contributed by atoms with van der Waals surface area (Å²) in [6.45, 7) is 7.92. The summed E-state index contributed by atoms with van der Waals surface area (Å²) < 4.78 is 6.10. The van der Waals surface area contributed by atoms with E-state index >= 15 is 0 Å². The predicted molar refractivity (Wildman–Crippen MR) is 114 cm³/mol. The first-order valence-electron chi connectivity index (χ1n) is 11.2. The third kappa shape index (κ3) is 4.62. The first-order valence-corrected chi connectivity index (χ1v) is 11.2. The SMILES string of the molecule is CC(C)(C)C(=O)N1CCC(c2nnc([C@@H]3CCCCN3C(=O)c3ccccn3)o2)CC1. The Morgan fingerprint density at radius 2 is 1.74 bits per heavy atom. The van der Waals surface area contributed by atoms with E-state index in [0.717, 1.165) is 32.1 Å². The number of aromatic nitrogens is 3. The maximum absolute atomic E-state index is 13.0. The first kappa shape index (κ1) is 21.5. The summed E-state index contributed by atoms with van der Waals surface area (Å²) in [7, 11) is 0. The van der Waals surface area contributed by atoms with Crippen molar-refractivity contribution in [2.45, 2.75) is 64.8 Å². The van der Waals surface area contributed by atoms with E-state index in [9.17, 15) is 9.59 Å². The van der Waals surface area contributed by atoms with Crippen molar-refractivity contribution in [1.29, 1.82) is 0 Å². The van der Waals surface area contributed by atoms with Gasteiger partial charge in [0.15, 0.2) is 0 Å². The Labute approximate surface area is 183 Å². The molecule has 166 valence electrons. The summed E-state index contributed by atoms with van der Waals surface area (Å²) in [6.07, 6.45) is 6.03. The van der Waals surface area contributed by atoms with E-state index in [1.807, 2.05) is 36.6 Å². The molecular formula is C23H31N5O3. The number of pyridine rings is 1. The molecule has 2 aliphatic rings. The molecule has 0 radical (unpaired) electrons. The molecule has 8 nitrogen and oxygen atoms in total. The number of piperidine rings is 2. The van der Waals surface area contributed by atoms with Gasteiger partial charge in [-0.1, -0.05) is 26.8 Å². The fourth-order valence-corrected chi connectivity index (χ4v) is 4.42. The molecule has 2 aromatic heterocycles. The van der Waals surface area contributed by atoms with Crippen molar-refractivity contribution in [1.82, 2.24) is 25.0 Å². The van der Waals surface area contributed by atoms with Gasteiger partial charge in [0.1, 0.15) is 11.7 Å². The van der Waals surface area contributed by atoms with Crippen LogP contribution in [0.5, 0.6) is 0 Å². The van der Waals surface area contributed by atoms with Crippen molar-refractivity contribution >= 4 is 11.8 Å². The molecule has 0 aliphatic carbocycles. The minimum atomic E-state index is -0.366. The molecule has 2 fully saturated rings. The summed E-state index contributed by atoms with van der Waals surface area (Å²) in [5, 5.41) is 8.65. The number of carbonyl (C=O) groups is 2. The van der Waals surface area contributed by atoms with Crippen LogP contribution in [0.1, 0.15) is 87.1 Å². The molecule has 4 rings (SSSR count). The highest BCUT2D eigenvalue weighted by molar-refractivity contribution is 5.92. The smallest absolute Gasteiger partial charge is 0.273 e. The first-order chi connectivity index (χ1) is 14.8. The van der Waals surface area contributed by atoms with Gasteiger partial charge in [-0.05, 0) is 44.2 Å². The second-order valence-corrected chi connectivity index (χ2v) is 9.52. The Bertz CT molecular complexity index is 913. The molecule has 4 heterocycles. The van der Waals surface area contributed by atoms with Crippen molar-refractivity contribution < 1.29 is 14.0 Å². The van der Waals surface area contributed by atoms with Crippen LogP contribution in [0, 0.1) is 5.41 Å². The highest BCUT2D eigenvalue weighted by atomic mass is 16.4. The van der Waals surface area contributed by atoms with Gasteiger partial charge in [-0.15, -0.1) is 10.2 Å². The van der Waals surface area contributed by atoms with Crippen LogP contribution in [0.4, 0.5) is 0 Å². The zero-order valence-electron chi connectivity index (χ0n) is 18.6. The van der Waals surface area contributed by atoms with Gasteiger partial charge < -0.3 is 14.2 Å². The van der Waals surface area contributed by atoms with Gasteiger partial charge in [0.25, 0.3) is 5.91 Å². The van der Waals surface area contributed by atoms with Crippen LogP contribution in [0.2, 0.25) is 0 Å². The highest BCUT2D eigenvalue weighted by Crippen LogP contribution is 2.34. The van der Waals surface area contributed by atoms with E-state index in [-0.39, 0.29) is 29.2 Å². The highest BCUT2D eigenvalue weighted by Gasteiger charge is 2.35. The molecule has 31 heavy (non-hydrogen) atoms. The number of likely N-dealkylation sites (tertiary alicyclic amines) is 2. The summed E-state index contributed by atoms with van der Waals surface area (Å²) >= 11 is 0. The predicted octanol–water partition coefficient (Wildman–Crippen LogP) is 3.58. The van der Waals surface area contributed by atoms with Crippen LogP contribution in [-0.4, -0.2) is 56.4 Å². The van der Waals surface area contributed by atoms with Crippen molar-refractivity contribution in [3.05, 3.63) is 41.9 Å². The quantitative estimate of drug-likeness (QED) is 0.746. The van der Waals surface area contributed by atoms with Gasteiger partial charge in [-0.3, -0.25) is 14.6 Å². The fraction of sp³-hybridized carbons (Fsp3) is 0.609. The summed E-state index contributed by atoms with van der Waals surface area (Å²) in [4.78, 5) is 33.5. The number of hydrogen-bond donors (Lipinski definition) is 0. The van der Waals surface area contributed by atoms with Crippen molar-refractivity contribution in [3.8, 4) is 0 Å². The molecule has 0 N–H and O–H groups in total. The van der Waals surface area contributed by atoms with Gasteiger partial charge in [-0.2, -0.15) is 0 Å². The molecule has 0 unspecified atom stereocenters. The van der Waals surface area contributed by atoms with Crippen LogP contribution in [0.3, 0.4) is 0 Å². The molecule has 2 aromatic rings. The van der Waals surface area contributed by atoms with Crippen molar-refractivity contribution in [2.24, 2.45) is 5.41 Å². The zero-order chi connectivity index (χ0) is 22.0. The second-order valence-electron chi connectivity index (χ2n) is 9.52. The average molecular weight is 426 g/mol. The number of hydrogen-bond acceptors (Lipinski definition) is 6. The largest absolute Gasteiger partial charge is 0.423 e. The number of rotatable bonds is 3. The fourth-order valence-electron chi connectivity index (χ4n) is 4.42. The maximum Gasteiger partial charge on any atom is 0.273 e. The topological polar surface area (TPSA) is 92.4 Å². The van der Waals surface area contributed by atoms with E-state index in [4.69, 9.17) is 4.42 Å². The Morgan fingerprint density at radius 3 is 2.42 bits per heavy atom. The van der Waals surface area contributed by atoms with Crippen LogP contribution in [-0.2, 0) is 4.79 Å². The molecule has 2 amide bonds.